The minimum absolute atomic E-state index is 0.157. The zero-order valence-electron chi connectivity index (χ0n) is 12.7. The number of esters is 4. The van der Waals surface area contributed by atoms with Crippen LogP contribution in [0.1, 0.15) is 52.6 Å². The first-order valence-electron chi connectivity index (χ1n) is 7.15. The fraction of sp³-hybridized carbons (Fsp3) is 0. The van der Waals surface area contributed by atoms with Crippen LogP contribution in [0.2, 0.25) is 0 Å². The lowest BCUT2D eigenvalue weighted by Crippen LogP contribution is -2.24. The van der Waals surface area contributed by atoms with Crippen molar-refractivity contribution < 1.29 is 28.7 Å². The van der Waals surface area contributed by atoms with Gasteiger partial charge in [-0.1, -0.05) is 12.1 Å². The highest BCUT2D eigenvalue weighted by Crippen LogP contribution is 2.37. The Morgan fingerprint density at radius 1 is 0.577 bits per heavy atom. The van der Waals surface area contributed by atoms with E-state index in [0.29, 0.717) is 0 Å². The number of rotatable bonds is 0. The summed E-state index contributed by atoms with van der Waals surface area (Å²) < 4.78 is 9.49. The van der Waals surface area contributed by atoms with Crippen LogP contribution in [0.5, 0.6) is 0 Å². The lowest BCUT2D eigenvalue weighted by molar-refractivity contribution is 0.0333. The molecule has 0 atom stereocenters. The van der Waals surface area contributed by atoms with Gasteiger partial charge in [0.15, 0.2) is 0 Å². The molecule has 4 bridgehead atoms. The smallest absolute Gasteiger partial charge is 0.348 e. The van der Waals surface area contributed by atoms with Crippen LogP contribution in [0.3, 0.4) is 0 Å². The fourth-order valence-corrected chi connectivity index (χ4v) is 3.03. The number of cyclic esters (lactones) is 2. The average molecular weight is 344 g/mol. The normalized spacial score (nSPS) is 14.2. The van der Waals surface area contributed by atoms with Gasteiger partial charge >= 0.3 is 23.9 Å². The Morgan fingerprint density at radius 3 is 1.31 bits per heavy atom. The molecule has 8 nitrogen and oxygen atoms in total. The van der Waals surface area contributed by atoms with Crippen LogP contribution in [-0.4, -0.2) is 23.9 Å². The van der Waals surface area contributed by atoms with E-state index in [2.05, 4.69) is 0 Å². The second kappa shape index (κ2) is 5.10. The van der Waals surface area contributed by atoms with Gasteiger partial charge in [-0.3, -0.25) is 0 Å². The number of hydrogen-bond acceptors (Lipinski definition) is 8. The first-order valence-corrected chi connectivity index (χ1v) is 7.15. The molecule has 2 aliphatic rings. The number of hydrogen-bond donors (Lipinski definition) is 0. The minimum atomic E-state index is -1.24. The molecule has 2 aromatic carbocycles. The second-order valence-electron chi connectivity index (χ2n) is 5.40. The molecule has 0 saturated heterocycles. The van der Waals surface area contributed by atoms with Crippen LogP contribution >= 0.6 is 0 Å². The van der Waals surface area contributed by atoms with E-state index in [9.17, 15) is 29.7 Å². The van der Waals surface area contributed by atoms with E-state index >= 15 is 0 Å². The van der Waals surface area contributed by atoms with Gasteiger partial charge in [0.25, 0.3) is 0 Å². The molecule has 0 unspecified atom stereocenters. The molecule has 2 aromatic rings. The van der Waals surface area contributed by atoms with E-state index in [0.717, 1.165) is 0 Å². The van der Waals surface area contributed by atoms with Crippen molar-refractivity contribution in [1.82, 2.24) is 0 Å². The summed E-state index contributed by atoms with van der Waals surface area (Å²) in [5.74, 6) is -4.83. The molecule has 0 radical (unpaired) electrons. The average Bonchev–Trinajstić information content (AvgIpc) is 2.67. The van der Waals surface area contributed by atoms with Crippen molar-refractivity contribution in [3.63, 3.8) is 0 Å². The van der Waals surface area contributed by atoms with E-state index < -0.39 is 35.0 Å². The van der Waals surface area contributed by atoms with Crippen LogP contribution in [0, 0.1) is 22.7 Å². The van der Waals surface area contributed by atoms with E-state index in [1.807, 2.05) is 0 Å². The Kier molecular flexibility index (Phi) is 2.99. The number of nitrogens with zero attached hydrogens (tertiary/aromatic N) is 2. The van der Waals surface area contributed by atoms with E-state index in [1.165, 1.54) is 24.3 Å². The number of ether oxygens (including phenoxy) is 2. The van der Waals surface area contributed by atoms with Crippen molar-refractivity contribution in [2.45, 2.75) is 0 Å². The molecule has 0 aromatic heterocycles. The number of carbonyl (C=O) groups excluding carboxylic acids is 4. The van der Waals surface area contributed by atoms with Gasteiger partial charge < -0.3 is 9.47 Å². The highest BCUT2D eigenvalue weighted by atomic mass is 16.6. The van der Waals surface area contributed by atoms with Crippen molar-refractivity contribution in [2.24, 2.45) is 0 Å². The third-order valence-corrected chi connectivity index (χ3v) is 4.14. The highest BCUT2D eigenvalue weighted by molar-refractivity contribution is 6.18. The summed E-state index contributed by atoms with van der Waals surface area (Å²) in [5.41, 5.74) is -1.97. The first-order chi connectivity index (χ1) is 12.5. The van der Waals surface area contributed by atoms with Crippen LogP contribution in [0.25, 0.3) is 11.1 Å². The number of fused-ring (bicyclic) bond motifs is 5. The summed E-state index contributed by atoms with van der Waals surface area (Å²) >= 11 is 0. The van der Waals surface area contributed by atoms with Crippen molar-refractivity contribution in [3.8, 4) is 23.3 Å². The summed E-state index contributed by atoms with van der Waals surface area (Å²) in [6.07, 6.45) is 0. The summed E-state index contributed by atoms with van der Waals surface area (Å²) in [5, 5.41) is 19.1. The molecule has 0 saturated carbocycles. The van der Waals surface area contributed by atoms with Crippen molar-refractivity contribution in [2.75, 3.05) is 0 Å². The van der Waals surface area contributed by atoms with E-state index in [4.69, 9.17) is 9.47 Å². The topological polar surface area (TPSA) is 134 Å². The predicted octanol–water partition coefficient (Wildman–Crippen LogP) is 1.72. The quantitative estimate of drug-likeness (QED) is 0.521. The van der Waals surface area contributed by atoms with Gasteiger partial charge in [-0.05, 0) is 12.1 Å². The lowest BCUT2D eigenvalue weighted by Gasteiger charge is -2.12. The molecule has 0 amide bonds. The second-order valence-corrected chi connectivity index (χ2v) is 5.40. The number of nitriles is 2. The number of carbonyl (C=O) groups is 4. The molecule has 122 valence electrons. The van der Waals surface area contributed by atoms with Gasteiger partial charge in [-0.25, -0.2) is 19.2 Å². The van der Waals surface area contributed by atoms with Crippen molar-refractivity contribution >= 4 is 23.9 Å². The van der Waals surface area contributed by atoms with Gasteiger partial charge in [0, 0.05) is 11.1 Å². The maximum Gasteiger partial charge on any atom is 0.348 e. The summed E-state index contributed by atoms with van der Waals surface area (Å²) in [6.45, 7) is 0. The predicted molar refractivity (Wildman–Crippen MR) is 80.8 cm³/mol. The van der Waals surface area contributed by atoms with Crippen LogP contribution in [0.15, 0.2) is 24.3 Å². The maximum atomic E-state index is 12.5. The molecule has 4 rings (SSSR count). The molecule has 0 N–H and O–H groups in total. The molecule has 0 aliphatic carbocycles. The first kappa shape index (κ1) is 15.2. The summed E-state index contributed by atoms with van der Waals surface area (Å²) in [4.78, 5) is 49.6. The standard InChI is InChI=1S/C18H4N2O6/c19-5-11-7-1-3-9-13(11)17(23)26-18(24)14-10(16(22)25-15(9)21)4-2-8(7)12(14)6-20/h1-4H. The zero-order valence-corrected chi connectivity index (χ0v) is 12.7. The molecule has 0 spiro atoms. The third-order valence-electron chi connectivity index (χ3n) is 4.14. The molecular formula is C18H4N2O6. The van der Waals surface area contributed by atoms with E-state index in [1.54, 1.807) is 12.1 Å². The van der Waals surface area contributed by atoms with Crippen LogP contribution in [-0.2, 0) is 9.47 Å². The van der Waals surface area contributed by atoms with Gasteiger partial charge in [0.05, 0.1) is 33.4 Å². The van der Waals surface area contributed by atoms with Crippen molar-refractivity contribution in [1.29, 1.82) is 10.5 Å². The highest BCUT2D eigenvalue weighted by Gasteiger charge is 2.37. The largest absolute Gasteiger partial charge is 0.386 e. The molecule has 2 heterocycles. The van der Waals surface area contributed by atoms with Gasteiger partial charge in [0.2, 0.25) is 0 Å². The van der Waals surface area contributed by atoms with Gasteiger partial charge in [0.1, 0.15) is 12.1 Å². The van der Waals surface area contributed by atoms with E-state index in [-0.39, 0.29) is 33.4 Å². The Hall–Kier alpha value is -4.30. The molecular weight excluding hydrogens is 340 g/mol. The molecule has 0 fully saturated rings. The van der Waals surface area contributed by atoms with Crippen LogP contribution in [0.4, 0.5) is 0 Å². The molecule has 2 aliphatic heterocycles. The zero-order chi connectivity index (χ0) is 18.6. The monoisotopic (exact) mass is 344 g/mol. The Labute approximate surface area is 144 Å². The fourth-order valence-electron chi connectivity index (χ4n) is 3.03. The van der Waals surface area contributed by atoms with Gasteiger partial charge in [-0.2, -0.15) is 10.5 Å². The Morgan fingerprint density at radius 2 is 0.923 bits per heavy atom. The Balaban J connectivity index is 2.34. The van der Waals surface area contributed by atoms with Gasteiger partial charge in [-0.15, -0.1) is 0 Å². The number of benzene rings is 2. The Bertz CT molecular complexity index is 1090. The molecule has 8 heteroatoms. The summed E-state index contributed by atoms with van der Waals surface area (Å²) in [6, 6.07) is 8.64. The van der Waals surface area contributed by atoms with Crippen LogP contribution < -0.4 is 0 Å². The lowest BCUT2D eigenvalue weighted by atomic mass is 9.88. The molecule has 26 heavy (non-hydrogen) atoms. The van der Waals surface area contributed by atoms with Crippen molar-refractivity contribution in [3.05, 3.63) is 57.6 Å². The summed E-state index contributed by atoms with van der Waals surface area (Å²) in [7, 11) is 0. The minimum Gasteiger partial charge on any atom is -0.386 e. The third kappa shape index (κ3) is 1.81. The SMILES string of the molecule is N#Cc1c2ccc3c1C(=O)OC(=O)c1c(ccc-2c1C#N)C(=O)OC3=O. The maximum absolute atomic E-state index is 12.5.